The van der Waals surface area contributed by atoms with Gasteiger partial charge in [-0.1, -0.05) is 36.4 Å². The van der Waals surface area contributed by atoms with E-state index in [-0.39, 0.29) is 11.6 Å². The summed E-state index contributed by atoms with van der Waals surface area (Å²) >= 11 is 5.66. The summed E-state index contributed by atoms with van der Waals surface area (Å²) in [5, 5.41) is 3.69. The fourth-order valence-electron chi connectivity index (χ4n) is 3.12. The molecule has 0 radical (unpaired) electrons. The van der Waals surface area contributed by atoms with Crippen molar-refractivity contribution >= 4 is 28.7 Å². The molecule has 1 heterocycles. The van der Waals surface area contributed by atoms with Crippen molar-refractivity contribution in [3.63, 3.8) is 0 Å². The van der Waals surface area contributed by atoms with Gasteiger partial charge in [-0.05, 0) is 57.3 Å². The predicted octanol–water partition coefficient (Wildman–Crippen LogP) is 4.10. The molecule has 3 aromatic rings. The molecule has 0 atom stereocenters. The number of benzene rings is 2. The Bertz CT molecular complexity index is 990. The molecule has 6 heteroatoms. The van der Waals surface area contributed by atoms with Gasteiger partial charge in [0.15, 0.2) is 5.11 Å². The fourth-order valence-corrected chi connectivity index (χ4v) is 3.54. The second kappa shape index (κ2) is 7.80. The van der Waals surface area contributed by atoms with Gasteiger partial charge in [-0.3, -0.25) is 9.48 Å². The summed E-state index contributed by atoms with van der Waals surface area (Å²) in [5.74, 6) is 0. The van der Waals surface area contributed by atoms with E-state index in [1.807, 2.05) is 84.2 Å². The second-order valence-corrected chi connectivity index (χ2v) is 7.05. The second-order valence-electron chi connectivity index (χ2n) is 6.67. The van der Waals surface area contributed by atoms with E-state index >= 15 is 0 Å². The molecule has 2 aromatic carbocycles. The van der Waals surface area contributed by atoms with Gasteiger partial charge < -0.3 is 10.2 Å². The lowest BCUT2D eigenvalue weighted by Crippen LogP contribution is -2.41. The molecular weight excluding hydrogens is 356 g/mol. The zero-order valence-electron chi connectivity index (χ0n) is 16.0. The summed E-state index contributed by atoms with van der Waals surface area (Å²) in [5.41, 5.74) is 2.99. The first-order valence-electron chi connectivity index (χ1n) is 8.91. The van der Waals surface area contributed by atoms with Crippen LogP contribution >= 0.6 is 12.2 Å². The van der Waals surface area contributed by atoms with E-state index in [2.05, 4.69) is 19.2 Å². The molecule has 0 bridgehead atoms. The normalized spacial score (nSPS) is 10.9. The number of nitrogens with zero attached hydrogens (tertiary/aromatic N) is 3. The molecule has 0 amide bonds. The lowest BCUT2D eigenvalue weighted by molar-refractivity contribution is 0.630. The van der Waals surface area contributed by atoms with Crippen LogP contribution in [0, 0.1) is 6.92 Å². The Hall–Kier alpha value is -2.86. The summed E-state index contributed by atoms with van der Waals surface area (Å²) in [6.07, 6.45) is 0. The minimum absolute atomic E-state index is 0.125. The average molecular weight is 381 g/mol. The van der Waals surface area contributed by atoms with Crippen LogP contribution < -0.4 is 15.8 Å². The Morgan fingerprint density at radius 2 is 1.59 bits per heavy atom. The number of rotatable bonds is 4. The Morgan fingerprint density at radius 3 is 2.15 bits per heavy atom. The largest absolute Gasteiger partial charge is 0.326 e. The molecule has 3 rings (SSSR count). The van der Waals surface area contributed by atoms with Gasteiger partial charge in [0.2, 0.25) is 0 Å². The first-order chi connectivity index (χ1) is 12.9. The van der Waals surface area contributed by atoms with Gasteiger partial charge in [-0.15, -0.1) is 0 Å². The van der Waals surface area contributed by atoms with E-state index in [1.54, 1.807) is 4.68 Å². The first-order valence-corrected chi connectivity index (χ1v) is 9.32. The molecule has 27 heavy (non-hydrogen) atoms. The van der Waals surface area contributed by atoms with Crippen LogP contribution in [0.2, 0.25) is 0 Å². The average Bonchev–Trinajstić information content (AvgIpc) is 2.86. The van der Waals surface area contributed by atoms with Gasteiger partial charge in [-0.25, -0.2) is 4.68 Å². The van der Waals surface area contributed by atoms with Crippen molar-refractivity contribution in [1.29, 1.82) is 0 Å². The minimum atomic E-state index is -0.125. The van der Waals surface area contributed by atoms with Crippen LogP contribution in [0.15, 0.2) is 65.5 Å². The topological polar surface area (TPSA) is 42.2 Å². The molecule has 0 spiro atoms. The lowest BCUT2D eigenvalue weighted by Gasteiger charge is -2.29. The Labute approximate surface area is 164 Å². The molecule has 1 aromatic heterocycles. The number of hydrogen-bond acceptors (Lipinski definition) is 2. The summed E-state index contributed by atoms with van der Waals surface area (Å²) in [6, 6.07) is 19.7. The monoisotopic (exact) mass is 380 g/mol. The van der Waals surface area contributed by atoms with Crippen LogP contribution in [0.4, 0.5) is 11.4 Å². The summed E-state index contributed by atoms with van der Waals surface area (Å²) in [7, 11) is 1.87. The fraction of sp³-hybridized carbons (Fsp3) is 0.238. The molecule has 0 aliphatic rings. The van der Waals surface area contributed by atoms with Crippen molar-refractivity contribution in [2.24, 2.45) is 7.05 Å². The zero-order chi connectivity index (χ0) is 19.6. The van der Waals surface area contributed by atoms with Gasteiger partial charge in [0.05, 0.1) is 11.4 Å². The van der Waals surface area contributed by atoms with Gasteiger partial charge in [0.25, 0.3) is 5.56 Å². The van der Waals surface area contributed by atoms with Crippen LogP contribution in [0.5, 0.6) is 0 Å². The van der Waals surface area contributed by atoms with Gasteiger partial charge in [0, 0.05) is 18.8 Å². The number of hydrogen-bond donors (Lipinski definition) is 1. The third kappa shape index (κ3) is 3.66. The SMILES string of the molecule is Cc1c(NC(=S)N(c2ccccc2)C(C)C)c(=O)n(-c2ccccc2)n1C. The smallest absolute Gasteiger partial charge is 0.295 e. The molecule has 5 nitrogen and oxygen atoms in total. The number of anilines is 2. The van der Waals surface area contributed by atoms with Crippen LogP contribution in [0.1, 0.15) is 19.5 Å². The number of nitrogens with one attached hydrogen (secondary N) is 1. The van der Waals surface area contributed by atoms with E-state index in [4.69, 9.17) is 12.2 Å². The summed E-state index contributed by atoms with van der Waals surface area (Å²) < 4.78 is 3.48. The highest BCUT2D eigenvalue weighted by Gasteiger charge is 2.21. The van der Waals surface area contributed by atoms with Gasteiger partial charge >= 0.3 is 0 Å². The van der Waals surface area contributed by atoms with E-state index in [9.17, 15) is 4.79 Å². The van der Waals surface area contributed by atoms with Crippen LogP contribution in [0.25, 0.3) is 5.69 Å². The number of aromatic nitrogens is 2. The molecule has 0 unspecified atom stereocenters. The maximum absolute atomic E-state index is 13.1. The van der Waals surface area contributed by atoms with E-state index in [1.165, 1.54) is 0 Å². The lowest BCUT2D eigenvalue weighted by atomic mass is 10.2. The van der Waals surface area contributed by atoms with Crippen molar-refractivity contribution in [1.82, 2.24) is 9.36 Å². The molecule has 0 aliphatic heterocycles. The molecule has 0 saturated heterocycles. The molecule has 1 N–H and O–H groups in total. The highest BCUT2D eigenvalue weighted by molar-refractivity contribution is 7.80. The van der Waals surface area contributed by atoms with Crippen LogP contribution in [0.3, 0.4) is 0 Å². The van der Waals surface area contributed by atoms with E-state index in [0.717, 1.165) is 17.1 Å². The molecule has 0 aliphatic carbocycles. The third-order valence-corrected chi connectivity index (χ3v) is 4.85. The van der Waals surface area contributed by atoms with Crippen molar-refractivity contribution in [2.75, 3.05) is 10.2 Å². The van der Waals surface area contributed by atoms with Crippen LogP contribution in [-0.4, -0.2) is 20.5 Å². The highest BCUT2D eigenvalue weighted by atomic mass is 32.1. The summed E-state index contributed by atoms with van der Waals surface area (Å²) in [4.78, 5) is 15.1. The Morgan fingerprint density at radius 1 is 1.04 bits per heavy atom. The number of para-hydroxylation sites is 2. The Balaban J connectivity index is 1.98. The van der Waals surface area contributed by atoms with E-state index in [0.29, 0.717) is 10.8 Å². The zero-order valence-corrected chi connectivity index (χ0v) is 16.8. The maximum Gasteiger partial charge on any atom is 0.295 e. The predicted molar refractivity (Wildman–Crippen MR) is 116 cm³/mol. The molecule has 140 valence electrons. The van der Waals surface area contributed by atoms with Gasteiger partial charge in [0.1, 0.15) is 5.69 Å². The van der Waals surface area contributed by atoms with Crippen molar-refractivity contribution in [3.05, 3.63) is 76.7 Å². The Kier molecular flexibility index (Phi) is 5.46. The van der Waals surface area contributed by atoms with Crippen molar-refractivity contribution < 1.29 is 0 Å². The quantitative estimate of drug-likeness (QED) is 0.692. The first kappa shape index (κ1) is 18.9. The summed E-state index contributed by atoms with van der Waals surface area (Å²) in [6.45, 7) is 6.05. The molecule has 0 fully saturated rings. The highest BCUT2D eigenvalue weighted by Crippen LogP contribution is 2.20. The molecular formula is C21H24N4OS. The maximum atomic E-state index is 13.1. The third-order valence-electron chi connectivity index (χ3n) is 4.56. The van der Waals surface area contributed by atoms with Crippen molar-refractivity contribution in [3.8, 4) is 5.69 Å². The minimum Gasteiger partial charge on any atom is -0.326 e. The van der Waals surface area contributed by atoms with Crippen molar-refractivity contribution in [2.45, 2.75) is 26.8 Å². The van der Waals surface area contributed by atoms with Gasteiger partial charge in [-0.2, -0.15) is 0 Å². The van der Waals surface area contributed by atoms with Crippen LogP contribution in [-0.2, 0) is 7.05 Å². The molecule has 0 saturated carbocycles. The standard InChI is InChI=1S/C21H24N4OS/c1-15(2)24(17-11-7-5-8-12-17)21(27)22-19-16(3)23(4)25(20(19)26)18-13-9-6-10-14-18/h5-15H,1-4H3,(H,22,27). The number of thiocarbonyl (C=S) groups is 1. The van der Waals surface area contributed by atoms with E-state index < -0.39 is 0 Å².